The van der Waals surface area contributed by atoms with Crippen molar-refractivity contribution in [3.63, 3.8) is 0 Å². The Balaban J connectivity index is 1.75. The molecule has 194 valence electrons. The summed E-state index contributed by atoms with van der Waals surface area (Å²) in [6.45, 7) is 4.59. The number of ether oxygens (including phenoxy) is 1. The van der Waals surface area contributed by atoms with Gasteiger partial charge in [0.2, 0.25) is 0 Å². The van der Waals surface area contributed by atoms with Crippen molar-refractivity contribution in [1.82, 2.24) is 14.9 Å². The number of fused-ring (bicyclic) bond motifs is 1. The van der Waals surface area contributed by atoms with Gasteiger partial charge < -0.3 is 9.84 Å². The van der Waals surface area contributed by atoms with Gasteiger partial charge in [0, 0.05) is 54.1 Å². The Kier molecular flexibility index (Phi) is 7.29. The van der Waals surface area contributed by atoms with Crippen molar-refractivity contribution >= 4 is 29.1 Å². The molecule has 2 aliphatic heterocycles. The van der Waals surface area contributed by atoms with Gasteiger partial charge in [0.1, 0.15) is 11.1 Å². The number of carbonyl (C=O) groups is 1. The third-order valence-corrected chi connectivity index (χ3v) is 7.80. The van der Waals surface area contributed by atoms with Gasteiger partial charge in [0.05, 0.1) is 25.3 Å². The number of nitrogens with zero attached hydrogens (tertiary/aromatic N) is 3. The van der Waals surface area contributed by atoms with E-state index >= 15 is 0 Å². The molecule has 2 atom stereocenters. The summed E-state index contributed by atoms with van der Waals surface area (Å²) in [6.07, 6.45) is 1.78. The van der Waals surface area contributed by atoms with Crippen LogP contribution >= 0.6 is 23.2 Å². The molecule has 1 amide bonds. The van der Waals surface area contributed by atoms with E-state index in [1.807, 2.05) is 42.5 Å². The quantitative estimate of drug-likeness (QED) is 0.471. The standard InChI is InChI=1S/C28H29Cl2N3O4/c1-27(35,18-32-12-14-37-15-13-32)28(16-22-11-10-21(30)17-31-22)25-23(19-6-8-20(29)9-7-19)4-3-5-24(25)26(34)33(28)36-2/h3-11,17,35H,12-16,18H2,1-2H3/t27?,28-/m1/s1. The second-order valence-corrected chi connectivity index (χ2v) is 10.6. The Morgan fingerprint density at radius 3 is 2.38 bits per heavy atom. The van der Waals surface area contributed by atoms with E-state index in [0.717, 1.165) is 11.1 Å². The first-order valence-electron chi connectivity index (χ1n) is 12.2. The fourth-order valence-corrected chi connectivity index (χ4v) is 5.84. The second-order valence-electron chi connectivity index (χ2n) is 9.68. The lowest BCUT2D eigenvalue weighted by Crippen LogP contribution is -2.64. The minimum Gasteiger partial charge on any atom is -0.386 e. The Bertz CT molecular complexity index is 1280. The van der Waals surface area contributed by atoms with Crippen LogP contribution in [-0.4, -0.2) is 71.5 Å². The number of benzene rings is 2. The number of rotatable bonds is 7. The molecule has 1 aromatic heterocycles. The highest BCUT2D eigenvalue weighted by Gasteiger charge is 2.62. The summed E-state index contributed by atoms with van der Waals surface area (Å²) in [7, 11) is 1.46. The van der Waals surface area contributed by atoms with Crippen LogP contribution in [-0.2, 0) is 21.5 Å². The molecule has 2 aliphatic rings. The van der Waals surface area contributed by atoms with Crippen LogP contribution in [0.2, 0.25) is 10.0 Å². The fraction of sp³-hybridized carbons (Fsp3) is 0.357. The van der Waals surface area contributed by atoms with Crippen LogP contribution in [0.4, 0.5) is 0 Å². The number of amides is 1. The molecule has 0 spiro atoms. The lowest BCUT2D eigenvalue weighted by Gasteiger charge is -2.49. The van der Waals surface area contributed by atoms with Crippen molar-refractivity contribution < 1.29 is 19.5 Å². The summed E-state index contributed by atoms with van der Waals surface area (Å²) in [5.41, 5.74) is 0.778. The lowest BCUT2D eigenvalue weighted by atomic mass is 9.70. The van der Waals surface area contributed by atoms with Crippen LogP contribution in [0, 0.1) is 0 Å². The predicted molar refractivity (Wildman–Crippen MR) is 143 cm³/mol. The van der Waals surface area contributed by atoms with Gasteiger partial charge >= 0.3 is 0 Å². The molecule has 0 saturated carbocycles. The van der Waals surface area contributed by atoms with Crippen LogP contribution in [0.25, 0.3) is 11.1 Å². The van der Waals surface area contributed by atoms with Crippen LogP contribution in [0.3, 0.4) is 0 Å². The lowest BCUT2D eigenvalue weighted by molar-refractivity contribution is -0.226. The molecule has 2 aromatic carbocycles. The summed E-state index contributed by atoms with van der Waals surface area (Å²) in [5.74, 6) is -0.315. The molecule has 0 radical (unpaired) electrons. The average molecular weight is 542 g/mol. The molecule has 0 bridgehead atoms. The molecule has 1 unspecified atom stereocenters. The molecule has 0 aliphatic carbocycles. The molecule has 37 heavy (non-hydrogen) atoms. The molecule has 3 aromatic rings. The molecular weight excluding hydrogens is 513 g/mol. The molecule has 5 rings (SSSR count). The van der Waals surface area contributed by atoms with E-state index in [2.05, 4.69) is 9.88 Å². The molecule has 1 saturated heterocycles. The van der Waals surface area contributed by atoms with E-state index in [9.17, 15) is 9.90 Å². The summed E-state index contributed by atoms with van der Waals surface area (Å²) >= 11 is 12.3. The zero-order valence-electron chi connectivity index (χ0n) is 20.8. The summed E-state index contributed by atoms with van der Waals surface area (Å²) in [6, 6.07) is 16.6. The maximum Gasteiger partial charge on any atom is 0.278 e. The van der Waals surface area contributed by atoms with Gasteiger partial charge in [-0.25, -0.2) is 5.06 Å². The third-order valence-electron chi connectivity index (χ3n) is 7.33. The zero-order valence-corrected chi connectivity index (χ0v) is 22.3. The van der Waals surface area contributed by atoms with Crippen LogP contribution in [0.1, 0.15) is 28.5 Å². The number of aromatic nitrogens is 1. The third kappa shape index (κ3) is 4.65. The van der Waals surface area contributed by atoms with Gasteiger partial charge in [0.15, 0.2) is 0 Å². The normalized spacial score (nSPS) is 21.6. The smallest absolute Gasteiger partial charge is 0.278 e. The van der Waals surface area contributed by atoms with E-state index in [0.29, 0.717) is 59.7 Å². The van der Waals surface area contributed by atoms with Gasteiger partial charge in [0.25, 0.3) is 5.91 Å². The Morgan fingerprint density at radius 1 is 1.05 bits per heavy atom. The largest absolute Gasteiger partial charge is 0.386 e. The highest BCUT2D eigenvalue weighted by atomic mass is 35.5. The van der Waals surface area contributed by atoms with Gasteiger partial charge in [-0.05, 0) is 48.4 Å². The minimum absolute atomic E-state index is 0.207. The SMILES string of the molecule is CON1C(=O)c2cccc(-c3ccc(Cl)cc3)c2[C@]1(Cc1ccc(Cl)cn1)C(C)(O)CN1CCOCC1. The van der Waals surface area contributed by atoms with E-state index in [4.69, 9.17) is 32.8 Å². The Hall–Kier alpha value is -2.52. The monoisotopic (exact) mass is 541 g/mol. The van der Waals surface area contributed by atoms with Gasteiger partial charge in [-0.15, -0.1) is 0 Å². The van der Waals surface area contributed by atoms with E-state index in [-0.39, 0.29) is 12.3 Å². The molecule has 1 fully saturated rings. The number of pyridine rings is 1. The molecular formula is C28H29Cl2N3O4. The number of morpholine rings is 1. The molecule has 1 N–H and O–H groups in total. The van der Waals surface area contributed by atoms with Crippen molar-refractivity contribution in [2.45, 2.75) is 24.5 Å². The predicted octanol–water partition coefficient (Wildman–Crippen LogP) is 4.59. The number of halogens is 2. The average Bonchev–Trinajstić information content (AvgIpc) is 3.15. The summed E-state index contributed by atoms with van der Waals surface area (Å²) < 4.78 is 5.53. The number of carbonyl (C=O) groups excluding carboxylic acids is 1. The molecule has 3 heterocycles. The highest BCUT2D eigenvalue weighted by Crippen LogP contribution is 2.52. The highest BCUT2D eigenvalue weighted by molar-refractivity contribution is 6.30. The Morgan fingerprint density at radius 2 is 1.73 bits per heavy atom. The topological polar surface area (TPSA) is 75.1 Å². The van der Waals surface area contributed by atoms with Crippen molar-refractivity contribution in [3.05, 3.63) is 87.7 Å². The van der Waals surface area contributed by atoms with Crippen molar-refractivity contribution in [1.29, 1.82) is 0 Å². The van der Waals surface area contributed by atoms with Gasteiger partial charge in [-0.2, -0.15) is 0 Å². The summed E-state index contributed by atoms with van der Waals surface area (Å²) in [4.78, 5) is 26.4. The minimum atomic E-state index is -1.45. The number of aliphatic hydroxyl groups is 1. The van der Waals surface area contributed by atoms with Crippen LogP contribution in [0.5, 0.6) is 0 Å². The van der Waals surface area contributed by atoms with Crippen molar-refractivity contribution in [2.75, 3.05) is 40.0 Å². The maximum atomic E-state index is 13.9. The molecule has 7 nitrogen and oxygen atoms in total. The number of hydroxylamine groups is 2. The first-order valence-corrected chi connectivity index (χ1v) is 12.9. The van der Waals surface area contributed by atoms with E-state index in [1.54, 1.807) is 25.3 Å². The number of hydrogen-bond donors (Lipinski definition) is 1. The first-order chi connectivity index (χ1) is 17.8. The Labute approximate surface area is 226 Å². The van der Waals surface area contributed by atoms with E-state index < -0.39 is 11.1 Å². The first kappa shape index (κ1) is 26.1. The fourth-order valence-electron chi connectivity index (χ4n) is 5.61. The van der Waals surface area contributed by atoms with Crippen molar-refractivity contribution in [2.24, 2.45) is 0 Å². The van der Waals surface area contributed by atoms with E-state index in [1.165, 1.54) is 12.2 Å². The molecule has 9 heteroatoms. The summed E-state index contributed by atoms with van der Waals surface area (Å²) in [5, 5.41) is 14.9. The number of β-amino-alcohol motifs (C(OH)–C–C–N with tert-alkyl or cyclic N) is 1. The maximum absolute atomic E-state index is 13.9. The van der Waals surface area contributed by atoms with Gasteiger partial charge in [-0.3, -0.25) is 19.5 Å². The van der Waals surface area contributed by atoms with Crippen molar-refractivity contribution in [3.8, 4) is 11.1 Å². The van der Waals surface area contributed by atoms with Crippen LogP contribution < -0.4 is 0 Å². The second kappa shape index (κ2) is 10.3. The number of hydrogen-bond acceptors (Lipinski definition) is 6. The zero-order chi connectivity index (χ0) is 26.2. The van der Waals surface area contributed by atoms with Crippen LogP contribution in [0.15, 0.2) is 60.8 Å². The van der Waals surface area contributed by atoms with Gasteiger partial charge in [-0.1, -0.05) is 47.5 Å².